The van der Waals surface area contributed by atoms with Crippen LogP contribution in [0.1, 0.15) is 12.8 Å². The van der Waals surface area contributed by atoms with E-state index >= 15 is 0 Å². The highest BCUT2D eigenvalue weighted by Gasteiger charge is 2.35. The second-order valence-corrected chi connectivity index (χ2v) is 7.06. The fourth-order valence-corrected chi connectivity index (χ4v) is 2.84. The maximum Gasteiger partial charge on any atom is 0.310 e. The Morgan fingerprint density at radius 2 is 1.96 bits per heavy atom. The van der Waals surface area contributed by atoms with E-state index in [1.54, 1.807) is 11.6 Å². The molecule has 1 aromatic heterocycles. The zero-order valence-electron chi connectivity index (χ0n) is 11.8. The maximum atomic E-state index is 12.4. The number of nitrogens with one attached hydrogen (secondary N) is 1. The number of thiazole rings is 1. The van der Waals surface area contributed by atoms with Gasteiger partial charge in [0.15, 0.2) is 5.13 Å². The van der Waals surface area contributed by atoms with E-state index in [2.05, 4.69) is 10.3 Å². The van der Waals surface area contributed by atoms with Crippen molar-refractivity contribution in [2.75, 3.05) is 11.9 Å². The van der Waals surface area contributed by atoms with E-state index in [-0.39, 0.29) is 22.0 Å². The van der Waals surface area contributed by atoms with Crippen LogP contribution in [0, 0.1) is 11.8 Å². The van der Waals surface area contributed by atoms with Crippen molar-refractivity contribution in [1.82, 2.24) is 4.98 Å². The molecule has 0 saturated carbocycles. The van der Waals surface area contributed by atoms with Gasteiger partial charge in [-0.15, -0.1) is 11.3 Å². The molecule has 5 nitrogen and oxygen atoms in total. The minimum atomic E-state index is -0.585. The van der Waals surface area contributed by atoms with Crippen LogP contribution in [-0.2, 0) is 14.3 Å². The predicted molar refractivity (Wildman–Crippen MR) is 91.6 cm³/mol. The first-order chi connectivity index (χ1) is 11.0. The second kappa shape index (κ2) is 8.68. The zero-order chi connectivity index (χ0) is 16.8. The number of carbonyl (C=O) groups is 2. The number of esters is 1. The molecule has 0 saturated heterocycles. The Bertz CT molecular complexity index is 627. The molecule has 0 aliphatic heterocycles. The maximum absolute atomic E-state index is 12.4. The number of halogens is 3. The Morgan fingerprint density at radius 3 is 2.57 bits per heavy atom. The van der Waals surface area contributed by atoms with Crippen molar-refractivity contribution in [2.45, 2.75) is 12.8 Å². The number of amides is 1. The number of hydrogen-bond acceptors (Lipinski definition) is 5. The molecular weight excluding hydrogens is 383 g/mol. The second-order valence-electron chi connectivity index (χ2n) is 4.76. The molecule has 1 heterocycles. The molecule has 0 radical (unpaired) electrons. The van der Waals surface area contributed by atoms with Crippen LogP contribution in [0.25, 0.3) is 0 Å². The number of ether oxygens (including phenoxy) is 1. The summed E-state index contributed by atoms with van der Waals surface area (Å²) < 4.78 is 4.94. The molecule has 1 aliphatic rings. The molecule has 0 spiro atoms. The molecular formula is C14H13Cl3N2O3S. The van der Waals surface area contributed by atoms with Gasteiger partial charge in [0, 0.05) is 11.6 Å². The monoisotopic (exact) mass is 394 g/mol. The Balaban J connectivity index is 2.00. The summed E-state index contributed by atoms with van der Waals surface area (Å²) in [7, 11) is 0. The number of aromatic nitrogens is 1. The van der Waals surface area contributed by atoms with Gasteiger partial charge in [0.25, 0.3) is 0 Å². The molecule has 0 fully saturated rings. The van der Waals surface area contributed by atoms with E-state index in [4.69, 9.17) is 39.5 Å². The molecule has 9 heteroatoms. The summed E-state index contributed by atoms with van der Waals surface area (Å²) in [5.41, 5.74) is 0. The highest BCUT2D eigenvalue weighted by Crippen LogP contribution is 2.29. The van der Waals surface area contributed by atoms with E-state index in [1.165, 1.54) is 11.3 Å². The normalized spacial score (nSPS) is 20.0. The molecule has 1 amide bonds. The van der Waals surface area contributed by atoms with Crippen molar-refractivity contribution in [3.05, 3.63) is 33.3 Å². The number of hydrogen-bond donors (Lipinski definition) is 1. The van der Waals surface area contributed by atoms with E-state index in [0.717, 1.165) is 0 Å². The highest BCUT2D eigenvalue weighted by atomic mass is 35.5. The average Bonchev–Trinajstić information content (AvgIpc) is 3.05. The van der Waals surface area contributed by atoms with Gasteiger partial charge < -0.3 is 10.1 Å². The Labute approximate surface area is 152 Å². The number of nitrogens with zero attached hydrogens (tertiary/aromatic N) is 1. The molecule has 1 aliphatic carbocycles. The van der Waals surface area contributed by atoms with Crippen molar-refractivity contribution in [3.8, 4) is 0 Å². The van der Waals surface area contributed by atoms with Crippen molar-refractivity contribution >= 4 is 63.1 Å². The number of carbonyl (C=O) groups excluding carboxylic acids is 2. The van der Waals surface area contributed by atoms with Crippen molar-refractivity contribution < 1.29 is 14.3 Å². The highest BCUT2D eigenvalue weighted by molar-refractivity contribution is 7.13. The lowest BCUT2D eigenvalue weighted by Gasteiger charge is -2.25. The molecule has 2 rings (SSSR count). The molecule has 2 atom stereocenters. The van der Waals surface area contributed by atoms with Crippen LogP contribution in [0.15, 0.2) is 33.3 Å². The Hall–Kier alpha value is -1.08. The fourth-order valence-electron chi connectivity index (χ4n) is 2.14. The van der Waals surface area contributed by atoms with Crippen LogP contribution >= 0.6 is 46.1 Å². The summed E-state index contributed by atoms with van der Waals surface area (Å²) in [5, 5.41) is 5.00. The first-order valence-corrected chi connectivity index (χ1v) is 8.72. The van der Waals surface area contributed by atoms with Crippen LogP contribution in [0.3, 0.4) is 0 Å². The minimum absolute atomic E-state index is 0.0387. The Kier molecular flexibility index (Phi) is 6.89. The van der Waals surface area contributed by atoms with E-state index < -0.39 is 17.8 Å². The quantitative estimate of drug-likeness (QED) is 0.602. The van der Waals surface area contributed by atoms with Gasteiger partial charge in [-0.05, 0) is 12.8 Å². The summed E-state index contributed by atoms with van der Waals surface area (Å²) in [6.45, 7) is -0.218. The van der Waals surface area contributed by atoms with Gasteiger partial charge in [-0.3, -0.25) is 9.59 Å². The molecule has 0 unspecified atom stereocenters. The smallest absolute Gasteiger partial charge is 0.310 e. The van der Waals surface area contributed by atoms with E-state index in [0.29, 0.717) is 18.0 Å². The predicted octanol–water partition coefficient (Wildman–Crippen LogP) is 4.09. The minimum Gasteiger partial charge on any atom is -0.460 e. The van der Waals surface area contributed by atoms with Gasteiger partial charge in [0.2, 0.25) is 5.91 Å². The summed E-state index contributed by atoms with van der Waals surface area (Å²) in [5.74, 6) is -1.88. The zero-order valence-corrected chi connectivity index (χ0v) is 14.9. The van der Waals surface area contributed by atoms with Crippen LogP contribution in [0.2, 0.25) is 0 Å². The molecule has 0 bridgehead atoms. The lowest BCUT2D eigenvalue weighted by Crippen LogP contribution is -2.35. The first kappa shape index (κ1) is 18.3. The summed E-state index contributed by atoms with van der Waals surface area (Å²) in [6.07, 6.45) is 6.20. The first-order valence-electron chi connectivity index (χ1n) is 6.70. The number of allylic oxidation sites excluding steroid dienone is 2. The third-order valence-corrected chi connectivity index (χ3v) is 4.92. The average molecular weight is 396 g/mol. The third-order valence-electron chi connectivity index (χ3n) is 3.28. The summed E-state index contributed by atoms with van der Waals surface area (Å²) in [6, 6.07) is 0. The van der Waals surface area contributed by atoms with Gasteiger partial charge in [0.1, 0.15) is 11.1 Å². The van der Waals surface area contributed by atoms with Gasteiger partial charge in [-0.25, -0.2) is 4.98 Å². The molecule has 23 heavy (non-hydrogen) atoms. The summed E-state index contributed by atoms with van der Waals surface area (Å²) in [4.78, 5) is 28.6. The van der Waals surface area contributed by atoms with Gasteiger partial charge in [-0.2, -0.15) is 0 Å². The third kappa shape index (κ3) is 5.21. The standard InChI is InChI=1S/C14H13Cl3N2O3S/c15-10(11(16)17)7-22-13(21)9-4-2-1-3-8(9)12(20)19-14-18-5-6-23-14/h1-2,5-6,8-9H,3-4,7H2,(H,18,19,20)/t8-,9+/m0/s1. The van der Waals surface area contributed by atoms with Gasteiger partial charge >= 0.3 is 5.97 Å². The lowest BCUT2D eigenvalue weighted by molar-refractivity contribution is -0.151. The van der Waals surface area contributed by atoms with Crippen molar-refractivity contribution in [3.63, 3.8) is 0 Å². The van der Waals surface area contributed by atoms with E-state index in [1.807, 2.05) is 12.2 Å². The molecule has 124 valence electrons. The van der Waals surface area contributed by atoms with Crippen molar-refractivity contribution in [2.24, 2.45) is 11.8 Å². The number of rotatable bonds is 5. The van der Waals surface area contributed by atoms with Crippen molar-refractivity contribution in [1.29, 1.82) is 0 Å². The molecule has 0 aromatic carbocycles. The SMILES string of the molecule is O=C(Nc1nccs1)[C@H]1CC=CC[C@H]1C(=O)OCC(Cl)=C(Cl)Cl. The van der Waals surface area contributed by atoms with Gasteiger partial charge in [-0.1, -0.05) is 47.0 Å². The molecule has 1 N–H and O–H groups in total. The fraction of sp³-hybridized carbons (Fsp3) is 0.357. The largest absolute Gasteiger partial charge is 0.460 e. The van der Waals surface area contributed by atoms with E-state index in [9.17, 15) is 9.59 Å². The summed E-state index contributed by atoms with van der Waals surface area (Å²) >= 11 is 18.0. The van der Waals surface area contributed by atoms with Crippen LogP contribution in [0.4, 0.5) is 5.13 Å². The molecule has 1 aromatic rings. The van der Waals surface area contributed by atoms with Crippen LogP contribution in [-0.4, -0.2) is 23.5 Å². The van der Waals surface area contributed by atoms with Crippen LogP contribution < -0.4 is 5.32 Å². The topological polar surface area (TPSA) is 68.3 Å². The van der Waals surface area contributed by atoms with Crippen LogP contribution in [0.5, 0.6) is 0 Å². The van der Waals surface area contributed by atoms with Gasteiger partial charge in [0.05, 0.1) is 16.9 Å². The number of anilines is 1. The Morgan fingerprint density at radius 1 is 1.26 bits per heavy atom. The lowest BCUT2D eigenvalue weighted by atomic mass is 9.82.